The Hall–Kier alpha value is -4.90. The van der Waals surface area contributed by atoms with Crippen LogP contribution in [0, 0.1) is 138 Å². The van der Waals surface area contributed by atoms with E-state index in [1.807, 2.05) is 6.07 Å². The van der Waals surface area contributed by atoms with E-state index in [1.165, 1.54) is 117 Å². The molecule has 0 aliphatic carbocycles. The van der Waals surface area contributed by atoms with E-state index in [4.69, 9.17) is 22.9 Å². The van der Waals surface area contributed by atoms with Crippen molar-refractivity contribution in [1.82, 2.24) is 0 Å². The van der Waals surface area contributed by atoms with Gasteiger partial charge in [0.25, 0.3) is 0 Å². The first-order chi connectivity index (χ1) is 27.2. The van der Waals surface area contributed by atoms with Crippen molar-refractivity contribution in [2.75, 3.05) is 40.9 Å². The van der Waals surface area contributed by atoms with Crippen molar-refractivity contribution in [3.8, 4) is 0 Å². The summed E-state index contributed by atoms with van der Waals surface area (Å²) < 4.78 is 0. The number of anilines is 5. The highest BCUT2D eigenvalue weighted by atomic mass is 15.1. The van der Waals surface area contributed by atoms with Crippen LogP contribution in [0.25, 0.3) is 0 Å². The monoisotopic (exact) mass is 802 g/mol. The van der Waals surface area contributed by atoms with Gasteiger partial charge < -0.3 is 27.8 Å². The van der Waals surface area contributed by atoms with Gasteiger partial charge in [-0.3, -0.25) is 0 Å². The van der Waals surface area contributed by atoms with Gasteiger partial charge in [-0.2, -0.15) is 0 Å². The van der Waals surface area contributed by atoms with E-state index in [2.05, 4.69) is 181 Å². The summed E-state index contributed by atoms with van der Waals surface area (Å²) >= 11 is 0. The third kappa shape index (κ3) is 12.1. The van der Waals surface area contributed by atoms with Crippen LogP contribution in [0.1, 0.15) is 125 Å². The maximum absolute atomic E-state index is 5.95. The molecular weight excluding hydrogens is 719 g/mol. The van der Waals surface area contributed by atoms with Crippen LogP contribution in [0.3, 0.4) is 0 Å². The van der Waals surface area contributed by atoms with Gasteiger partial charge in [-0.05, 0) is 276 Å². The molecule has 0 aromatic heterocycles. The number of benzene rings is 5. The van der Waals surface area contributed by atoms with E-state index in [1.54, 1.807) is 0 Å². The molecule has 5 aromatic carbocycles. The number of para-hydroxylation sites is 1. The maximum Gasteiger partial charge on any atom is 0.0378 e. The molecule has 0 aliphatic rings. The second kappa shape index (κ2) is 22.5. The van der Waals surface area contributed by atoms with Crippen LogP contribution < -0.4 is 27.8 Å². The number of nitrogen functional groups attached to an aromatic ring is 4. The minimum atomic E-state index is 0.954. The Morgan fingerprint density at radius 2 is 0.424 bits per heavy atom. The van der Waals surface area contributed by atoms with Crippen LogP contribution in [0.5, 0.6) is 0 Å². The summed E-state index contributed by atoms with van der Waals surface area (Å²) in [5.41, 5.74) is 54.9. The second-order valence-electron chi connectivity index (χ2n) is 16.7. The molecule has 8 N–H and O–H groups in total. The highest BCUT2D eigenvalue weighted by Crippen LogP contribution is 2.30. The molecule has 0 radical (unpaired) electrons. The van der Waals surface area contributed by atoms with Gasteiger partial charge in [-0.15, -0.1) is 0 Å². The molecule has 0 atom stereocenters. The quantitative estimate of drug-likeness (QED) is 0.136. The van der Waals surface area contributed by atoms with E-state index >= 15 is 0 Å². The summed E-state index contributed by atoms with van der Waals surface area (Å²) in [7, 11) is 0. The summed E-state index contributed by atoms with van der Waals surface area (Å²) in [6, 6.07) is 10.5. The highest BCUT2D eigenvalue weighted by molar-refractivity contribution is 5.64. The van der Waals surface area contributed by atoms with Crippen LogP contribution in [0.4, 0.5) is 28.4 Å². The average Bonchev–Trinajstić information content (AvgIpc) is 3.25. The Bertz CT molecular complexity index is 1530. The topological polar surface area (TPSA) is 107 Å². The lowest BCUT2D eigenvalue weighted by Crippen LogP contribution is -2.21. The van der Waals surface area contributed by atoms with Gasteiger partial charge in [0.15, 0.2) is 0 Å². The zero-order valence-electron chi connectivity index (χ0n) is 41.6. The molecule has 5 rings (SSSR count). The molecule has 5 heteroatoms. The van der Waals surface area contributed by atoms with Crippen LogP contribution in [-0.4, -0.2) is 13.1 Å². The van der Waals surface area contributed by atoms with Crippen LogP contribution in [-0.2, 0) is 0 Å². The van der Waals surface area contributed by atoms with Gasteiger partial charge in [0.1, 0.15) is 0 Å². The lowest BCUT2D eigenvalue weighted by Gasteiger charge is -2.20. The van der Waals surface area contributed by atoms with E-state index in [0.29, 0.717) is 0 Å². The molecule has 0 amide bonds. The molecule has 324 valence electrons. The van der Waals surface area contributed by atoms with Gasteiger partial charge >= 0.3 is 0 Å². The smallest absolute Gasteiger partial charge is 0.0378 e. The van der Waals surface area contributed by atoms with Gasteiger partial charge in [0.2, 0.25) is 0 Å². The highest BCUT2D eigenvalue weighted by Gasteiger charge is 2.11. The molecular formula is C54H83N5. The Kier molecular flexibility index (Phi) is 19.8. The first kappa shape index (κ1) is 52.1. The van der Waals surface area contributed by atoms with E-state index in [9.17, 15) is 0 Å². The number of nitrogens with zero attached hydrogens (tertiary/aromatic N) is 1. The van der Waals surface area contributed by atoms with Crippen molar-refractivity contribution in [2.45, 2.75) is 152 Å². The molecule has 0 fully saturated rings. The molecule has 0 spiro atoms. The fraction of sp³-hybridized carbons (Fsp3) is 0.444. The molecule has 0 aliphatic heterocycles. The van der Waals surface area contributed by atoms with Gasteiger partial charge in [0.05, 0.1) is 0 Å². The Labute approximate surface area is 362 Å². The Morgan fingerprint density at radius 3 is 0.576 bits per heavy atom. The van der Waals surface area contributed by atoms with Crippen LogP contribution in [0.15, 0.2) is 30.3 Å². The molecule has 5 nitrogen and oxygen atoms in total. The summed E-state index contributed by atoms with van der Waals surface area (Å²) in [6.07, 6.45) is 0. The lowest BCUT2D eigenvalue weighted by molar-refractivity contribution is 0.866. The molecule has 0 heterocycles. The number of hydrogen-bond acceptors (Lipinski definition) is 5. The number of hydrogen-bond donors (Lipinski definition) is 4. The van der Waals surface area contributed by atoms with Crippen molar-refractivity contribution in [1.29, 1.82) is 0 Å². The van der Waals surface area contributed by atoms with Crippen LogP contribution in [0.2, 0.25) is 0 Å². The molecule has 0 unspecified atom stereocenters. The van der Waals surface area contributed by atoms with Gasteiger partial charge in [0, 0.05) is 41.5 Å². The zero-order valence-corrected chi connectivity index (χ0v) is 41.6. The normalized spacial score (nSPS) is 10.3. The average molecular weight is 802 g/mol. The Balaban J connectivity index is 0.000000369. The summed E-state index contributed by atoms with van der Waals surface area (Å²) in [5.74, 6) is 0. The predicted molar refractivity (Wildman–Crippen MR) is 268 cm³/mol. The van der Waals surface area contributed by atoms with E-state index < -0.39 is 0 Å². The first-order valence-corrected chi connectivity index (χ1v) is 21.3. The first-order valence-electron chi connectivity index (χ1n) is 21.3. The van der Waals surface area contributed by atoms with Gasteiger partial charge in [-0.1, -0.05) is 18.2 Å². The lowest BCUT2D eigenvalue weighted by atomic mass is 9.93. The van der Waals surface area contributed by atoms with Crippen molar-refractivity contribution in [3.05, 3.63) is 142 Å². The van der Waals surface area contributed by atoms with Crippen LogP contribution >= 0.6 is 0 Å². The standard InChI is InChI=1S/4C11H17N.C10H15N/c4*1-6-7(2)9(4)11(12)10(5)8(6)3;1-3-11(4-2)10-8-6-5-7-9-10/h4*12H2,1-5H3;5-9H,3-4H2,1-2H3. The largest absolute Gasteiger partial charge is 0.398 e. The van der Waals surface area contributed by atoms with E-state index in [0.717, 1.165) is 35.8 Å². The fourth-order valence-electron chi connectivity index (χ4n) is 7.34. The maximum atomic E-state index is 5.95. The zero-order chi connectivity index (χ0) is 46.0. The van der Waals surface area contributed by atoms with Crippen molar-refractivity contribution in [2.24, 2.45) is 0 Å². The minimum Gasteiger partial charge on any atom is -0.398 e. The Morgan fingerprint density at radius 1 is 0.271 bits per heavy atom. The minimum absolute atomic E-state index is 0.954. The molecule has 0 saturated heterocycles. The summed E-state index contributed by atoms with van der Waals surface area (Å²) in [4.78, 5) is 2.33. The van der Waals surface area contributed by atoms with Crippen molar-refractivity contribution < 1.29 is 0 Å². The molecule has 0 saturated carbocycles. The van der Waals surface area contributed by atoms with Crippen molar-refractivity contribution in [3.63, 3.8) is 0 Å². The molecule has 59 heavy (non-hydrogen) atoms. The summed E-state index contributed by atoms with van der Waals surface area (Å²) in [5, 5.41) is 0. The third-order valence-electron chi connectivity index (χ3n) is 14.1. The number of nitrogens with two attached hydrogens (primary N) is 4. The molecule has 0 bridgehead atoms. The van der Waals surface area contributed by atoms with Crippen molar-refractivity contribution >= 4 is 28.4 Å². The number of rotatable bonds is 3. The van der Waals surface area contributed by atoms with Gasteiger partial charge in [-0.25, -0.2) is 0 Å². The SMILES string of the molecule is CCN(CC)c1ccccc1.Cc1c(C)c(C)c(N)c(C)c1C.Cc1c(C)c(C)c(N)c(C)c1C.Cc1c(C)c(C)c(N)c(C)c1C.Cc1c(C)c(C)c(N)c(C)c1C. The third-order valence-corrected chi connectivity index (χ3v) is 14.1. The predicted octanol–water partition coefficient (Wildman–Crippen LogP) is 13.8. The molecule has 5 aromatic rings. The summed E-state index contributed by atoms with van der Waals surface area (Å²) in [6.45, 7) is 48.9. The second-order valence-corrected chi connectivity index (χ2v) is 16.7. The van der Waals surface area contributed by atoms with E-state index in [-0.39, 0.29) is 0 Å². The fourth-order valence-corrected chi connectivity index (χ4v) is 7.34.